The minimum absolute atomic E-state index is 0.00968. The Morgan fingerprint density at radius 1 is 0.583 bits per heavy atom. The van der Waals surface area contributed by atoms with Gasteiger partial charge < -0.3 is 64.8 Å². The number of nitrogens with one attached hydrogen (secondary N) is 8. The van der Waals surface area contributed by atoms with Crippen molar-refractivity contribution in [2.75, 3.05) is 26.2 Å². The molecule has 1 fully saturated rings. The molecule has 1 aliphatic rings. The molecule has 9 atom stereocenters. The van der Waals surface area contributed by atoms with Gasteiger partial charge in [-0.25, -0.2) is 0 Å². The molecular weight excluding hydrogens is 927 g/mol. The zero-order chi connectivity index (χ0) is 54.5. The van der Waals surface area contributed by atoms with Crippen LogP contribution in [0.5, 0.6) is 0 Å². The summed E-state index contributed by atoms with van der Waals surface area (Å²) in [5.74, 6) is -6.53. The monoisotopic (exact) mass is 1020 g/mol. The van der Waals surface area contributed by atoms with Gasteiger partial charge in [-0.1, -0.05) is 94.4 Å². The highest BCUT2D eigenvalue weighted by Gasteiger charge is 2.36. The number of hydrogen-bond acceptors (Lipinski definition) is 13. The summed E-state index contributed by atoms with van der Waals surface area (Å²) in [6.45, 7) is 17.0. The van der Waals surface area contributed by atoms with Gasteiger partial charge >= 0.3 is 0 Å². The van der Waals surface area contributed by atoms with E-state index in [4.69, 9.17) is 17.2 Å². The highest BCUT2D eigenvalue weighted by Crippen LogP contribution is 2.20. The number of hydrogen-bond donors (Lipinski definition) is 12. The zero-order valence-electron chi connectivity index (χ0n) is 45.0. The first kappa shape index (κ1) is 65.3. The molecule has 1 saturated heterocycles. The Morgan fingerprint density at radius 3 is 1.61 bits per heavy atom. The normalized spacial score (nSPS) is 23.7. The fourth-order valence-electron chi connectivity index (χ4n) is 8.61. The van der Waals surface area contributed by atoms with Crippen LogP contribution in [0.25, 0.3) is 0 Å². The Kier molecular flexibility index (Phi) is 32.1. The van der Waals surface area contributed by atoms with Gasteiger partial charge in [0.1, 0.15) is 36.3 Å². The third kappa shape index (κ3) is 26.3. The summed E-state index contributed by atoms with van der Waals surface area (Å²) >= 11 is 0. The van der Waals surface area contributed by atoms with Gasteiger partial charge in [-0.2, -0.15) is 0 Å². The van der Waals surface area contributed by atoms with Crippen LogP contribution in [0.3, 0.4) is 0 Å². The second-order valence-corrected chi connectivity index (χ2v) is 21.2. The zero-order valence-corrected chi connectivity index (χ0v) is 45.0. The van der Waals surface area contributed by atoms with E-state index in [2.05, 4.69) is 56.4 Å². The molecule has 0 spiro atoms. The molecule has 0 unspecified atom stereocenters. The van der Waals surface area contributed by atoms with E-state index in [9.17, 15) is 48.3 Å². The van der Waals surface area contributed by atoms with Gasteiger partial charge in [0.25, 0.3) is 0 Å². The van der Waals surface area contributed by atoms with Gasteiger partial charge in [-0.05, 0) is 101 Å². The minimum Gasteiger partial charge on any atom is -0.393 e. The molecule has 0 radical (unpaired) electrons. The fourth-order valence-corrected chi connectivity index (χ4v) is 8.61. The summed E-state index contributed by atoms with van der Waals surface area (Å²) in [5, 5.41) is 32.4. The second-order valence-electron chi connectivity index (χ2n) is 21.2. The van der Waals surface area contributed by atoms with Crippen molar-refractivity contribution in [3.05, 3.63) is 0 Å². The molecular formula is C51H95N11O10. The van der Waals surface area contributed by atoms with Crippen molar-refractivity contribution >= 4 is 53.0 Å². The molecule has 0 aromatic carbocycles. The number of Topliss-reactive ketones (excluding diaryl/α,β-unsaturated/α-hetero) is 1. The van der Waals surface area contributed by atoms with Gasteiger partial charge in [0, 0.05) is 18.9 Å². The number of amides is 8. The maximum absolute atomic E-state index is 14.3. The van der Waals surface area contributed by atoms with Crippen LogP contribution in [-0.4, -0.2) is 133 Å². The predicted molar refractivity (Wildman–Crippen MR) is 277 cm³/mol. The molecule has 0 saturated carbocycles. The molecule has 72 heavy (non-hydrogen) atoms. The summed E-state index contributed by atoms with van der Waals surface area (Å²) in [6.07, 6.45) is 3.59. The standard InChI is InChI=1S/C51H95N11O10/c1-10-14-36-47(68)62-42(27-33(8)9)46(67)55-24-20-40(60-48(69)37(17-21-52)56-44(65)29-35(63)16-13-11-12-15-30(2)3)51(72)59-39(19-23-54)50(71)61-41(26-32(6)7)43(64)28-34(25-31(4)5)45(66)57-38(18-22-53)49(70)58-36/h30-42,63H,10-29,52-54H2,1-9H3,(H,55,67)(H,56,65)(H,57,66)(H,58,70)(H,59,72)(H,60,69)(H,61,71)(H,62,68)/t34-,35-,36+,37-,38+,39+,40+,41-,42+/m1/s1. The number of carbonyl (C=O) groups is 9. The summed E-state index contributed by atoms with van der Waals surface area (Å²) in [6, 6.07) is -8.41. The average Bonchev–Trinajstić information content (AvgIpc) is 3.28. The summed E-state index contributed by atoms with van der Waals surface area (Å²) in [7, 11) is 0. The SMILES string of the molecule is CCC[C@@H]1NC(=O)[C@H](CCN)NC(=O)[C@H](CC(C)C)CC(=O)[C@@H](CC(C)C)NC(=O)[C@H](CCN)NC(=O)[C@@H](NC(=O)[C@@H](CCN)NC(=O)C[C@H](O)CCCCCC(C)C)CCNC(=O)[C@H](CC(C)C)NC1=O. The Morgan fingerprint density at radius 2 is 1.08 bits per heavy atom. The maximum atomic E-state index is 14.3. The van der Waals surface area contributed by atoms with Crippen LogP contribution in [-0.2, 0) is 43.2 Å². The molecule has 21 heteroatoms. The third-order valence-corrected chi connectivity index (χ3v) is 12.4. The van der Waals surface area contributed by atoms with Crippen LogP contribution in [0.1, 0.15) is 165 Å². The third-order valence-electron chi connectivity index (χ3n) is 12.4. The smallest absolute Gasteiger partial charge is 0.243 e. The lowest BCUT2D eigenvalue weighted by Gasteiger charge is -2.28. The van der Waals surface area contributed by atoms with Gasteiger partial charge in [0.15, 0.2) is 5.78 Å². The van der Waals surface area contributed by atoms with E-state index in [1.165, 1.54) is 0 Å². The molecule has 21 nitrogen and oxygen atoms in total. The molecule has 1 rings (SSSR count). The number of aliphatic hydroxyl groups is 1. The average molecular weight is 1020 g/mol. The number of nitrogens with two attached hydrogens (primary N) is 3. The van der Waals surface area contributed by atoms with Crippen molar-refractivity contribution in [2.24, 2.45) is 46.8 Å². The van der Waals surface area contributed by atoms with Gasteiger partial charge in [-0.15, -0.1) is 0 Å². The molecule has 1 heterocycles. The van der Waals surface area contributed by atoms with Crippen molar-refractivity contribution in [3.63, 3.8) is 0 Å². The summed E-state index contributed by atoms with van der Waals surface area (Å²) in [4.78, 5) is 126. The summed E-state index contributed by atoms with van der Waals surface area (Å²) < 4.78 is 0. The number of carbonyl (C=O) groups excluding carboxylic acids is 9. The van der Waals surface area contributed by atoms with E-state index in [0.717, 1.165) is 25.7 Å². The van der Waals surface area contributed by atoms with Crippen molar-refractivity contribution in [2.45, 2.75) is 213 Å². The number of ketones is 1. The van der Waals surface area contributed by atoms with Gasteiger partial charge in [0.2, 0.25) is 47.3 Å². The van der Waals surface area contributed by atoms with Crippen molar-refractivity contribution < 1.29 is 48.3 Å². The fraction of sp³-hybridized carbons (Fsp3) is 0.824. The van der Waals surface area contributed by atoms with Crippen LogP contribution in [0.15, 0.2) is 0 Å². The lowest BCUT2D eigenvalue weighted by molar-refractivity contribution is -0.136. The highest BCUT2D eigenvalue weighted by molar-refractivity contribution is 5.98. The van der Waals surface area contributed by atoms with Crippen molar-refractivity contribution in [3.8, 4) is 0 Å². The number of aliphatic hydroxyl groups excluding tert-OH is 1. The van der Waals surface area contributed by atoms with Gasteiger partial charge in [0.05, 0.1) is 18.6 Å². The maximum Gasteiger partial charge on any atom is 0.243 e. The van der Waals surface area contributed by atoms with E-state index in [0.29, 0.717) is 18.8 Å². The van der Waals surface area contributed by atoms with Gasteiger partial charge in [-0.3, -0.25) is 43.2 Å². The molecule has 15 N–H and O–H groups in total. The van der Waals surface area contributed by atoms with Crippen LogP contribution in [0, 0.1) is 29.6 Å². The lowest BCUT2D eigenvalue weighted by atomic mass is 9.87. The summed E-state index contributed by atoms with van der Waals surface area (Å²) in [5.41, 5.74) is 17.7. The molecule has 0 aromatic rings. The van der Waals surface area contributed by atoms with Crippen LogP contribution in [0.2, 0.25) is 0 Å². The first-order valence-electron chi connectivity index (χ1n) is 26.7. The number of unbranched alkanes of at least 4 members (excludes halogenated alkanes) is 2. The van der Waals surface area contributed by atoms with Crippen LogP contribution >= 0.6 is 0 Å². The van der Waals surface area contributed by atoms with E-state index in [1.807, 2.05) is 48.5 Å². The van der Waals surface area contributed by atoms with E-state index < -0.39 is 107 Å². The Bertz CT molecular complexity index is 1710. The quantitative estimate of drug-likeness (QED) is 0.0565. The molecule has 1 aliphatic heterocycles. The Balaban J connectivity index is 3.78. The first-order valence-corrected chi connectivity index (χ1v) is 26.7. The van der Waals surface area contributed by atoms with E-state index >= 15 is 0 Å². The molecule has 0 aromatic heterocycles. The highest BCUT2D eigenvalue weighted by atomic mass is 16.3. The lowest BCUT2D eigenvalue weighted by Crippen LogP contribution is -2.59. The van der Waals surface area contributed by atoms with Crippen LogP contribution < -0.4 is 59.7 Å². The second kappa shape index (κ2) is 35.4. The first-order chi connectivity index (χ1) is 34.0. The number of rotatable bonds is 25. The predicted octanol–water partition coefficient (Wildman–Crippen LogP) is 0.818. The molecule has 0 aliphatic carbocycles. The van der Waals surface area contributed by atoms with Crippen molar-refractivity contribution in [1.82, 2.24) is 42.5 Å². The molecule has 8 amide bonds. The molecule has 0 bridgehead atoms. The van der Waals surface area contributed by atoms with E-state index in [1.54, 1.807) is 0 Å². The van der Waals surface area contributed by atoms with Crippen LogP contribution in [0.4, 0.5) is 0 Å². The van der Waals surface area contributed by atoms with E-state index in [-0.39, 0.29) is 108 Å². The topological polar surface area (TPSA) is 348 Å². The Hall–Kier alpha value is -4.73. The van der Waals surface area contributed by atoms with Crippen molar-refractivity contribution in [1.29, 1.82) is 0 Å². The molecule has 414 valence electrons. The minimum atomic E-state index is -1.42. The Labute approximate surface area is 429 Å². The largest absolute Gasteiger partial charge is 0.393 e.